The SMILES string of the molecule is O=C(NCc1ccccc1-n1ccnc1)NC(c1ccccc1)c1ccccc1. The van der Waals surface area contributed by atoms with Crippen LogP contribution in [-0.4, -0.2) is 15.6 Å². The van der Waals surface area contributed by atoms with E-state index in [9.17, 15) is 4.79 Å². The monoisotopic (exact) mass is 382 g/mol. The Kier molecular flexibility index (Phi) is 5.67. The molecule has 0 bridgehead atoms. The summed E-state index contributed by atoms with van der Waals surface area (Å²) in [5.41, 5.74) is 4.07. The van der Waals surface area contributed by atoms with Crippen molar-refractivity contribution in [2.75, 3.05) is 0 Å². The number of carbonyl (C=O) groups excluding carboxylic acids is 1. The third-order valence-corrected chi connectivity index (χ3v) is 4.75. The fourth-order valence-electron chi connectivity index (χ4n) is 3.32. The third kappa shape index (κ3) is 4.52. The number of hydrogen-bond donors (Lipinski definition) is 2. The van der Waals surface area contributed by atoms with E-state index in [1.807, 2.05) is 95.7 Å². The Bertz CT molecular complexity index is 1010. The van der Waals surface area contributed by atoms with Crippen LogP contribution in [0.2, 0.25) is 0 Å². The summed E-state index contributed by atoms with van der Waals surface area (Å²) >= 11 is 0. The van der Waals surface area contributed by atoms with Crippen molar-refractivity contribution < 1.29 is 4.79 Å². The van der Waals surface area contributed by atoms with E-state index in [1.165, 1.54) is 0 Å². The molecule has 0 spiro atoms. The highest BCUT2D eigenvalue weighted by Gasteiger charge is 2.16. The molecule has 4 aromatic rings. The quantitative estimate of drug-likeness (QED) is 0.517. The maximum absolute atomic E-state index is 12.7. The van der Waals surface area contributed by atoms with Crippen LogP contribution in [0.25, 0.3) is 5.69 Å². The summed E-state index contributed by atoms with van der Waals surface area (Å²) in [4.78, 5) is 16.8. The molecule has 0 saturated carbocycles. The molecule has 5 nitrogen and oxygen atoms in total. The number of nitrogens with one attached hydrogen (secondary N) is 2. The summed E-state index contributed by atoms with van der Waals surface area (Å²) in [6.45, 7) is 0.413. The molecule has 3 aromatic carbocycles. The van der Waals surface area contributed by atoms with Gasteiger partial charge in [-0.15, -0.1) is 0 Å². The van der Waals surface area contributed by atoms with Gasteiger partial charge >= 0.3 is 6.03 Å². The summed E-state index contributed by atoms with van der Waals surface area (Å²) in [5, 5.41) is 6.09. The number of rotatable bonds is 6. The second kappa shape index (κ2) is 8.89. The number of imidazole rings is 1. The molecule has 4 rings (SSSR count). The molecule has 0 saturated heterocycles. The summed E-state index contributed by atoms with van der Waals surface area (Å²) in [7, 11) is 0. The van der Waals surface area contributed by atoms with Crippen molar-refractivity contribution in [1.82, 2.24) is 20.2 Å². The average molecular weight is 382 g/mol. The number of carbonyl (C=O) groups is 1. The van der Waals surface area contributed by atoms with Crippen LogP contribution < -0.4 is 10.6 Å². The number of benzene rings is 3. The fourth-order valence-corrected chi connectivity index (χ4v) is 3.32. The van der Waals surface area contributed by atoms with Crippen LogP contribution in [0.1, 0.15) is 22.7 Å². The number of nitrogens with zero attached hydrogens (tertiary/aromatic N) is 2. The highest BCUT2D eigenvalue weighted by atomic mass is 16.2. The van der Waals surface area contributed by atoms with Crippen molar-refractivity contribution in [2.45, 2.75) is 12.6 Å². The highest BCUT2D eigenvalue weighted by molar-refractivity contribution is 5.75. The van der Waals surface area contributed by atoms with E-state index in [2.05, 4.69) is 15.6 Å². The van der Waals surface area contributed by atoms with Crippen LogP contribution >= 0.6 is 0 Å². The predicted octanol–water partition coefficient (Wildman–Crippen LogP) is 4.46. The van der Waals surface area contributed by atoms with E-state index in [0.29, 0.717) is 6.54 Å². The normalized spacial score (nSPS) is 10.7. The Balaban J connectivity index is 1.49. The number of aromatic nitrogens is 2. The van der Waals surface area contributed by atoms with E-state index in [0.717, 1.165) is 22.4 Å². The van der Waals surface area contributed by atoms with E-state index in [4.69, 9.17) is 0 Å². The van der Waals surface area contributed by atoms with Crippen molar-refractivity contribution in [3.8, 4) is 5.69 Å². The van der Waals surface area contributed by atoms with Crippen LogP contribution in [0.5, 0.6) is 0 Å². The van der Waals surface area contributed by atoms with Crippen molar-refractivity contribution in [3.63, 3.8) is 0 Å². The van der Waals surface area contributed by atoms with E-state index < -0.39 is 0 Å². The van der Waals surface area contributed by atoms with Crippen molar-refractivity contribution in [3.05, 3.63) is 120 Å². The smallest absolute Gasteiger partial charge is 0.315 e. The van der Waals surface area contributed by atoms with E-state index in [-0.39, 0.29) is 12.1 Å². The minimum absolute atomic E-state index is 0.219. The molecule has 2 amide bonds. The van der Waals surface area contributed by atoms with Gasteiger partial charge in [-0.1, -0.05) is 78.9 Å². The molecule has 0 radical (unpaired) electrons. The topological polar surface area (TPSA) is 59.0 Å². The third-order valence-electron chi connectivity index (χ3n) is 4.75. The summed E-state index contributed by atoms with van der Waals surface area (Å²) in [5.74, 6) is 0. The van der Waals surface area contributed by atoms with E-state index >= 15 is 0 Å². The standard InChI is InChI=1S/C24H22N4O/c29-24(26-17-21-13-7-8-14-22(21)28-16-15-25-18-28)27-23(19-9-3-1-4-10-19)20-11-5-2-6-12-20/h1-16,18,23H,17H2,(H2,26,27,29). The Labute approximate surface area is 170 Å². The first kappa shape index (κ1) is 18.5. The lowest BCUT2D eigenvalue weighted by Gasteiger charge is -2.20. The lowest BCUT2D eigenvalue weighted by molar-refractivity contribution is 0.238. The van der Waals surface area contributed by atoms with Crippen molar-refractivity contribution in [1.29, 1.82) is 0 Å². The minimum atomic E-state index is -0.221. The van der Waals surface area contributed by atoms with Gasteiger partial charge in [-0.3, -0.25) is 0 Å². The maximum Gasteiger partial charge on any atom is 0.315 e. The first-order valence-electron chi connectivity index (χ1n) is 9.52. The molecular weight excluding hydrogens is 360 g/mol. The number of hydrogen-bond acceptors (Lipinski definition) is 2. The second-order valence-corrected chi connectivity index (χ2v) is 6.68. The number of urea groups is 1. The van der Waals surface area contributed by atoms with E-state index in [1.54, 1.807) is 12.5 Å². The van der Waals surface area contributed by atoms with Gasteiger partial charge in [-0.05, 0) is 22.8 Å². The molecular formula is C24H22N4O. The fraction of sp³-hybridized carbons (Fsp3) is 0.0833. The van der Waals surface area contributed by atoms with Crippen LogP contribution in [0, 0.1) is 0 Å². The molecule has 0 atom stereocenters. The summed E-state index contributed by atoms with van der Waals surface area (Å²) in [6, 6.07) is 27.4. The van der Waals surface area contributed by atoms with Crippen LogP contribution in [0.4, 0.5) is 4.79 Å². The second-order valence-electron chi connectivity index (χ2n) is 6.68. The molecule has 1 aromatic heterocycles. The van der Waals surface area contributed by atoms with Gasteiger partial charge in [0.2, 0.25) is 0 Å². The Morgan fingerprint density at radius 1 is 0.862 bits per heavy atom. The van der Waals surface area contributed by atoms with Crippen LogP contribution in [-0.2, 0) is 6.54 Å². The predicted molar refractivity (Wildman–Crippen MR) is 114 cm³/mol. The number of amides is 2. The summed E-state index contributed by atoms with van der Waals surface area (Å²) < 4.78 is 1.94. The molecule has 29 heavy (non-hydrogen) atoms. The molecule has 2 N–H and O–H groups in total. The van der Waals surface area contributed by atoms with Gasteiger partial charge in [0.05, 0.1) is 18.1 Å². The van der Waals surface area contributed by atoms with Gasteiger partial charge in [0.15, 0.2) is 0 Å². The van der Waals surface area contributed by atoms with Gasteiger partial charge in [0.25, 0.3) is 0 Å². The van der Waals surface area contributed by atoms with Gasteiger partial charge in [-0.2, -0.15) is 0 Å². The Morgan fingerprint density at radius 2 is 1.48 bits per heavy atom. The zero-order valence-electron chi connectivity index (χ0n) is 15.9. The van der Waals surface area contributed by atoms with Crippen LogP contribution in [0.15, 0.2) is 104 Å². The molecule has 0 aliphatic heterocycles. The molecule has 0 aliphatic rings. The lowest BCUT2D eigenvalue weighted by Crippen LogP contribution is -2.38. The maximum atomic E-state index is 12.7. The molecule has 5 heteroatoms. The highest BCUT2D eigenvalue weighted by Crippen LogP contribution is 2.21. The van der Waals surface area contributed by atoms with Gasteiger partial charge < -0.3 is 15.2 Å². The molecule has 1 heterocycles. The van der Waals surface area contributed by atoms with Crippen LogP contribution in [0.3, 0.4) is 0 Å². The Morgan fingerprint density at radius 3 is 2.10 bits per heavy atom. The first-order chi connectivity index (χ1) is 14.3. The molecule has 0 unspecified atom stereocenters. The zero-order chi connectivity index (χ0) is 19.9. The lowest BCUT2D eigenvalue weighted by atomic mass is 9.99. The minimum Gasteiger partial charge on any atom is -0.334 e. The van der Waals surface area contributed by atoms with Gasteiger partial charge in [0, 0.05) is 18.9 Å². The summed E-state index contributed by atoms with van der Waals surface area (Å²) in [6.07, 6.45) is 5.38. The van der Waals surface area contributed by atoms with Crippen molar-refractivity contribution in [2.24, 2.45) is 0 Å². The zero-order valence-corrected chi connectivity index (χ0v) is 15.9. The number of para-hydroxylation sites is 1. The molecule has 144 valence electrons. The Hall–Kier alpha value is -3.86. The van der Waals surface area contributed by atoms with Gasteiger partial charge in [-0.25, -0.2) is 9.78 Å². The first-order valence-corrected chi connectivity index (χ1v) is 9.52. The van der Waals surface area contributed by atoms with Gasteiger partial charge in [0.1, 0.15) is 0 Å². The molecule has 0 aliphatic carbocycles. The van der Waals surface area contributed by atoms with Crippen molar-refractivity contribution >= 4 is 6.03 Å². The molecule has 0 fully saturated rings. The average Bonchev–Trinajstić information content (AvgIpc) is 3.32. The largest absolute Gasteiger partial charge is 0.334 e.